The highest BCUT2D eigenvalue weighted by molar-refractivity contribution is 6.09. The summed E-state index contributed by atoms with van der Waals surface area (Å²) in [4.78, 5) is 50.3. The molecule has 2 aliphatic carbocycles. The van der Waals surface area contributed by atoms with Crippen molar-refractivity contribution in [2.75, 3.05) is 0 Å². The van der Waals surface area contributed by atoms with E-state index in [9.17, 15) is 19.2 Å². The van der Waals surface area contributed by atoms with Crippen molar-refractivity contribution in [2.24, 2.45) is 11.8 Å². The second kappa shape index (κ2) is 7.38. The predicted molar refractivity (Wildman–Crippen MR) is 107 cm³/mol. The largest absolute Gasteiger partial charge is 0.458 e. The Morgan fingerprint density at radius 1 is 1.13 bits per heavy atom. The molecule has 5 atom stereocenters. The zero-order valence-corrected chi connectivity index (χ0v) is 17.9. The lowest BCUT2D eigenvalue weighted by Crippen LogP contribution is -2.50. The number of ether oxygens (including phenoxy) is 3. The van der Waals surface area contributed by atoms with Crippen LogP contribution in [-0.4, -0.2) is 41.5 Å². The van der Waals surface area contributed by atoms with Gasteiger partial charge in [0, 0.05) is 29.1 Å². The molecular formula is C23H26O7. The Labute approximate surface area is 175 Å². The van der Waals surface area contributed by atoms with Crippen molar-refractivity contribution in [3.8, 4) is 0 Å². The van der Waals surface area contributed by atoms with Gasteiger partial charge in [0.1, 0.15) is 12.2 Å². The van der Waals surface area contributed by atoms with E-state index < -0.39 is 47.6 Å². The Balaban J connectivity index is 2.13. The molecule has 30 heavy (non-hydrogen) atoms. The number of ketones is 1. The van der Waals surface area contributed by atoms with Crippen LogP contribution < -0.4 is 0 Å². The van der Waals surface area contributed by atoms with Gasteiger partial charge in [-0.05, 0) is 40.7 Å². The van der Waals surface area contributed by atoms with Crippen molar-refractivity contribution in [3.63, 3.8) is 0 Å². The lowest BCUT2D eigenvalue weighted by Gasteiger charge is -2.34. The predicted octanol–water partition coefficient (Wildman–Crippen LogP) is 2.76. The zero-order chi connectivity index (χ0) is 22.5. The Hall–Kier alpha value is -2.96. The fourth-order valence-corrected chi connectivity index (χ4v) is 4.54. The number of allylic oxidation sites excluding steroid dienone is 1. The molecule has 7 heteroatoms. The molecule has 0 aromatic carbocycles. The highest BCUT2D eigenvalue weighted by atomic mass is 16.6. The first kappa shape index (κ1) is 21.7. The molecule has 1 aliphatic heterocycles. The van der Waals surface area contributed by atoms with Crippen molar-refractivity contribution in [1.29, 1.82) is 0 Å². The number of hydrogen-bond donors (Lipinski definition) is 0. The highest BCUT2D eigenvalue weighted by Gasteiger charge is 2.65. The van der Waals surface area contributed by atoms with Gasteiger partial charge in [0.05, 0.1) is 5.92 Å². The molecule has 1 fully saturated rings. The number of hydrogen-bond acceptors (Lipinski definition) is 7. The molecule has 0 bridgehead atoms. The molecule has 3 rings (SSSR count). The summed E-state index contributed by atoms with van der Waals surface area (Å²) in [7, 11) is 0. The Kier molecular flexibility index (Phi) is 5.35. The van der Waals surface area contributed by atoms with E-state index in [0.29, 0.717) is 5.57 Å². The Morgan fingerprint density at radius 2 is 1.73 bits per heavy atom. The van der Waals surface area contributed by atoms with Crippen LogP contribution in [0.3, 0.4) is 0 Å². The fourth-order valence-electron chi connectivity index (χ4n) is 4.54. The van der Waals surface area contributed by atoms with Crippen molar-refractivity contribution in [2.45, 2.75) is 58.8 Å². The van der Waals surface area contributed by atoms with Crippen molar-refractivity contribution in [1.82, 2.24) is 0 Å². The molecule has 0 N–H and O–H groups in total. The van der Waals surface area contributed by atoms with Gasteiger partial charge in [-0.2, -0.15) is 0 Å². The van der Waals surface area contributed by atoms with E-state index in [-0.39, 0.29) is 23.4 Å². The molecule has 7 nitrogen and oxygen atoms in total. The van der Waals surface area contributed by atoms with Crippen molar-refractivity contribution in [3.05, 3.63) is 47.1 Å². The van der Waals surface area contributed by atoms with Gasteiger partial charge >= 0.3 is 17.9 Å². The third-order valence-corrected chi connectivity index (χ3v) is 6.02. The lowest BCUT2D eigenvalue weighted by atomic mass is 9.77. The van der Waals surface area contributed by atoms with E-state index in [4.69, 9.17) is 14.2 Å². The summed E-state index contributed by atoms with van der Waals surface area (Å²) in [5.41, 5.74) is 0.649. The minimum atomic E-state index is -1.71. The van der Waals surface area contributed by atoms with Crippen LogP contribution in [0.4, 0.5) is 0 Å². The van der Waals surface area contributed by atoms with Gasteiger partial charge in [-0.1, -0.05) is 24.3 Å². The smallest absolute Gasteiger partial charge is 0.351 e. The van der Waals surface area contributed by atoms with Gasteiger partial charge in [0.2, 0.25) is 5.60 Å². The second-order valence-electron chi connectivity index (χ2n) is 8.53. The van der Waals surface area contributed by atoms with Gasteiger partial charge in [0.15, 0.2) is 5.78 Å². The van der Waals surface area contributed by atoms with E-state index in [1.165, 1.54) is 26.8 Å². The standard InChI is InChI=1S/C23H26O7/c1-10(2)20(25)28-15-9-13(6)16-14(24)8-12(5)17(16)19-18(15)23(7,22(27)29-19)30-21(26)11(3)4/h8,15,17-19H,1,3,9H2,2,4-7H3/t15-,17+,18-,19-,23-/m1/s1. The molecule has 0 saturated carbocycles. The van der Waals surface area contributed by atoms with Crippen LogP contribution in [0, 0.1) is 11.8 Å². The summed E-state index contributed by atoms with van der Waals surface area (Å²) < 4.78 is 17.0. The van der Waals surface area contributed by atoms with Gasteiger partial charge in [-0.15, -0.1) is 0 Å². The summed E-state index contributed by atoms with van der Waals surface area (Å²) in [5, 5.41) is 0. The monoisotopic (exact) mass is 414 g/mol. The maximum absolute atomic E-state index is 12.9. The molecular weight excluding hydrogens is 388 g/mol. The van der Waals surface area contributed by atoms with Crippen LogP contribution in [-0.2, 0) is 33.4 Å². The molecule has 0 unspecified atom stereocenters. The SMILES string of the molecule is C=C(C)C(=O)O[C@@H]1CC(C)=C2C(=O)C=C(C)[C@@H]2[C@H]2OC(=O)[C@](C)(OC(=O)C(=C)C)[C@@H]21. The molecule has 0 amide bonds. The minimum absolute atomic E-state index is 0.124. The second-order valence-corrected chi connectivity index (χ2v) is 8.53. The summed E-state index contributed by atoms with van der Waals surface area (Å²) in [6, 6.07) is 0. The third kappa shape index (κ3) is 3.32. The summed E-state index contributed by atoms with van der Waals surface area (Å²) >= 11 is 0. The summed E-state index contributed by atoms with van der Waals surface area (Å²) in [5.74, 6) is -3.56. The lowest BCUT2D eigenvalue weighted by molar-refractivity contribution is -0.175. The van der Waals surface area contributed by atoms with E-state index in [2.05, 4.69) is 13.2 Å². The van der Waals surface area contributed by atoms with Crippen LogP contribution in [0.2, 0.25) is 0 Å². The van der Waals surface area contributed by atoms with Gasteiger partial charge < -0.3 is 14.2 Å². The number of carbonyl (C=O) groups is 4. The normalized spacial score (nSPS) is 32.5. The van der Waals surface area contributed by atoms with Crippen LogP contribution >= 0.6 is 0 Å². The average Bonchev–Trinajstić information content (AvgIpc) is 3.01. The fraction of sp³-hybridized carbons (Fsp3) is 0.478. The van der Waals surface area contributed by atoms with Gasteiger partial charge in [-0.25, -0.2) is 14.4 Å². The first-order valence-electron chi connectivity index (χ1n) is 9.77. The zero-order valence-electron chi connectivity index (χ0n) is 17.9. The highest BCUT2D eigenvalue weighted by Crippen LogP contribution is 2.51. The van der Waals surface area contributed by atoms with Gasteiger partial charge in [-0.3, -0.25) is 4.79 Å². The Morgan fingerprint density at radius 3 is 2.30 bits per heavy atom. The van der Waals surface area contributed by atoms with Crippen molar-refractivity contribution >= 4 is 23.7 Å². The first-order chi connectivity index (χ1) is 13.9. The summed E-state index contributed by atoms with van der Waals surface area (Å²) in [6.07, 6.45) is 0.0608. The number of esters is 3. The first-order valence-corrected chi connectivity index (χ1v) is 9.77. The van der Waals surface area contributed by atoms with Gasteiger partial charge in [0.25, 0.3) is 0 Å². The van der Waals surface area contributed by atoms with Crippen LogP contribution in [0.25, 0.3) is 0 Å². The molecule has 160 valence electrons. The van der Waals surface area contributed by atoms with Crippen molar-refractivity contribution < 1.29 is 33.4 Å². The van der Waals surface area contributed by atoms with Crippen LogP contribution in [0.5, 0.6) is 0 Å². The Bertz CT molecular complexity index is 951. The molecule has 1 saturated heterocycles. The van der Waals surface area contributed by atoms with Crippen LogP contribution in [0.15, 0.2) is 47.1 Å². The number of rotatable bonds is 4. The molecule has 0 radical (unpaired) electrons. The molecule has 0 aromatic rings. The maximum atomic E-state index is 12.9. The molecule has 1 heterocycles. The minimum Gasteiger partial charge on any atom is -0.458 e. The van der Waals surface area contributed by atoms with E-state index in [0.717, 1.165) is 11.1 Å². The quantitative estimate of drug-likeness (QED) is 0.396. The molecule has 3 aliphatic rings. The summed E-state index contributed by atoms with van der Waals surface area (Å²) in [6.45, 7) is 15.2. The molecule has 0 aromatic heterocycles. The van der Waals surface area contributed by atoms with E-state index in [1.807, 2.05) is 0 Å². The van der Waals surface area contributed by atoms with E-state index in [1.54, 1.807) is 13.8 Å². The third-order valence-electron chi connectivity index (χ3n) is 6.02. The molecule has 0 spiro atoms. The maximum Gasteiger partial charge on any atom is 0.351 e. The number of carbonyl (C=O) groups excluding carboxylic acids is 4. The number of fused-ring (bicyclic) bond motifs is 3. The van der Waals surface area contributed by atoms with Crippen LogP contribution in [0.1, 0.15) is 41.0 Å². The average molecular weight is 414 g/mol. The topological polar surface area (TPSA) is 96.0 Å². The van der Waals surface area contributed by atoms with E-state index >= 15 is 0 Å².